The van der Waals surface area contributed by atoms with Gasteiger partial charge in [0.2, 0.25) is 0 Å². The van der Waals surface area contributed by atoms with Gasteiger partial charge in [0, 0.05) is 30.4 Å². The van der Waals surface area contributed by atoms with Crippen LogP contribution >= 0.6 is 0 Å². The van der Waals surface area contributed by atoms with Crippen LogP contribution in [-0.4, -0.2) is 23.0 Å². The van der Waals surface area contributed by atoms with E-state index < -0.39 is 0 Å². The second-order valence-corrected chi connectivity index (χ2v) is 4.63. The van der Waals surface area contributed by atoms with Gasteiger partial charge in [0.05, 0.1) is 11.1 Å². The molecular weight excluding hydrogens is 252 g/mol. The van der Waals surface area contributed by atoms with Crippen LogP contribution < -0.4 is 4.90 Å². The predicted octanol–water partition coefficient (Wildman–Crippen LogP) is 3.15. The SMILES string of the molecule is CN(C(=O)c1cccc2cc[nH]c12)c1cccc(O)c1. The molecule has 4 nitrogen and oxygen atoms in total. The fourth-order valence-electron chi connectivity index (χ4n) is 2.26. The van der Waals surface area contributed by atoms with E-state index in [0.717, 1.165) is 10.9 Å². The molecule has 1 aromatic heterocycles. The van der Waals surface area contributed by atoms with E-state index in [9.17, 15) is 9.90 Å². The number of aromatic nitrogens is 1. The third-order valence-electron chi connectivity index (χ3n) is 3.34. The lowest BCUT2D eigenvalue weighted by Gasteiger charge is -2.18. The van der Waals surface area contributed by atoms with E-state index in [0.29, 0.717) is 11.3 Å². The highest BCUT2D eigenvalue weighted by Gasteiger charge is 2.16. The number of phenolic OH excluding ortho intramolecular Hbond substituents is 1. The molecule has 0 saturated carbocycles. The van der Waals surface area contributed by atoms with Crippen molar-refractivity contribution in [2.75, 3.05) is 11.9 Å². The molecule has 1 heterocycles. The minimum atomic E-state index is -0.122. The Morgan fingerprint density at radius 3 is 2.75 bits per heavy atom. The Kier molecular flexibility index (Phi) is 2.91. The molecule has 2 aromatic carbocycles. The molecule has 0 bridgehead atoms. The maximum Gasteiger partial charge on any atom is 0.260 e. The molecule has 3 rings (SSSR count). The molecule has 0 aliphatic carbocycles. The average Bonchev–Trinajstić information content (AvgIpc) is 2.94. The van der Waals surface area contributed by atoms with Gasteiger partial charge in [-0.15, -0.1) is 0 Å². The molecule has 1 amide bonds. The van der Waals surface area contributed by atoms with E-state index in [1.165, 1.54) is 4.90 Å². The number of fused-ring (bicyclic) bond motifs is 1. The van der Waals surface area contributed by atoms with E-state index in [4.69, 9.17) is 0 Å². The number of amides is 1. The van der Waals surface area contributed by atoms with Gasteiger partial charge in [-0.25, -0.2) is 0 Å². The summed E-state index contributed by atoms with van der Waals surface area (Å²) >= 11 is 0. The Labute approximate surface area is 116 Å². The molecule has 4 heteroatoms. The van der Waals surface area contributed by atoms with Crippen LogP contribution in [0.15, 0.2) is 54.7 Å². The van der Waals surface area contributed by atoms with Gasteiger partial charge in [-0.05, 0) is 24.3 Å². The predicted molar refractivity (Wildman–Crippen MR) is 79.1 cm³/mol. The summed E-state index contributed by atoms with van der Waals surface area (Å²) in [6.45, 7) is 0. The summed E-state index contributed by atoms with van der Waals surface area (Å²) in [5.74, 6) is 0.0175. The van der Waals surface area contributed by atoms with Crippen molar-refractivity contribution in [2.45, 2.75) is 0 Å². The number of aromatic hydroxyl groups is 1. The smallest absolute Gasteiger partial charge is 0.260 e. The number of nitrogens with one attached hydrogen (secondary N) is 1. The number of hydrogen-bond acceptors (Lipinski definition) is 2. The minimum Gasteiger partial charge on any atom is -0.508 e. The zero-order valence-corrected chi connectivity index (χ0v) is 11.0. The molecule has 0 aliphatic heterocycles. The summed E-state index contributed by atoms with van der Waals surface area (Å²) in [5, 5.41) is 10.5. The number of para-hydroxylation sites is 1. The number of nitrogens with zero attached hydrogens (tertiary/aromatic N) is 1. The monoisotopic (exact) mass is 266 g/mol. The van der Waals surface area contributed by atoms with Gasteiger partial charge in [0.15, 0.2) is 0 Å². The lowest BCUT2D eigenvalue weighted by molar-refractivity contribution is 0.0994. The summed E-state index contributed by atoms with van der Waals surface area (Å²) in [4.78, 5) is 17.2. The molecule has 0 radical (unpaired) electrons. The maximum absolute atomic E-state index is 12.6. The van der Waals surface area contributed by atoms with Gasteiger partial charge in [-0.3, -0.25) is 4.79 Å². The highest BCUT2D eigenvalue weighted by atomic mass is 16.3. The van der Waals surface area contributed by atoms with Crippen molar-refractivity contribution in [2.24, 2.45) is 0 Å². The van der Waals surface area contributed by atoms with Gasteiger partial charge < -0.3 is 15.0 Å². The summed E-state index contributed by atoms with van der Waals surface area (Å²) in [6, 6.07) is 14.2. The first kappa shape index (κ1) is 12.3. The van der Waals surface area contributed by atoms with Gasteiger partial charge in [-0.2, -0.15) is 0 Å². The molecule has 3 aromatic rings. The molecule has 0 unspecified atom stereocenters. The molecule has 0 aliphatic rings. The van der Waals surface area contributed by atoms with E-state index in [-0.39, 0.29) is 11.7 Å². The van der Waals surface area contributed by atoms with Gasteiger partial charge in [0.25, 0.3) is 5.91 Å². The van der Waals surface area contributed by atoms with Crippen molar-refractivity contribution < 1.29 is 9.90 Å². The first-order valence-corrected chi connectivity index (χ1v) is 6.30. The standard InChI is InChI=1S/C16H14N2O2/c1-18(12-5-3-6-13(19)10-12)16(20)14-7-2-4-11-8-9-17-15(11)14/h2-10,17,19H,1H3. The third-order valence-corrected chi connectivity index (χ3v) is 3.34. The van der Waals surface area contributed by atoms with E-state index in [1.807, 2.05) is 24.4 Å². The third kappa shape index (κ3) is 2.01. The van der Waals surface area contributed by atoms with Crippen LogP contribution in [0.3, 0.4) is 0 Å². The number of rotatable bonds is 2. The van der Waals surface area contributed by atoms with Crippen LogP contribution in [0.1, 0.15) is 10.4 Å². The molecule has 2 N–H and O–H groups in total. The van der Waals surface area contributed by atoms with Crippen molar-refractivity contribution in [1.29, 1.82) is 0 Å². The Morgan fingerprint density at radius 2 is 1.95 bits per heavy atom. The number of anilines is 1. The van der Waals surface area contributed by atoms with Crippen molar-refractivity contribution in [3.8, 4) is 5.75 Å². The number of hydrogen-bond donors (Lipinski definition) is 2. The molecule has 0 fully saturated rings. The van der Waals surface area contributed by atoms with E-state index >= 15 is 0 Å². The minimum absolute atomic E-state index is 0.122. The fraction of sp³-hybridized carbons (Fsp3) is 0.0625. The lowest BCUT2D eigenvalue weighted by atomic mass is 10.1. The number of H-pyrrole nitrogens is 1. The van der Waals surface area contributed by atoms with Crippen molar-refractivity contribution in [3.63, 3.8) is 0 Å². The summed E-state index contributed by atoms with van der Waals surface area (Å²) in [6.07, 6.45) is 1.82. The fourth-order valence-corrected chi connectivity index (χ4v) is 2.26. The molecular formula is C16H14N2O2. The first-order valence-electron chi connectivity index (χ1n) is 6.30. The normalized spacial score (nSPS) is 10.7. The quantitative estimate of drug-likeness (QED) is 0.748. The molecule has 0 saturated heterocycles. The van der Waals surface area contributed by atoms with E-state index in [2.05, 4.69) is 4.98 Å². The lowest BCUT2D eigenvalue weighted by Crippen LogP contribution is -2.26. The Morgan fingerprint density at radius 1 is 1.15 bits per heavy atom. The second-order valence-electron chi connectivity index (χ2n) is 4.63. The Bertz CT molecular complexity index is 777. The second kappa shape index (κ2) is 4.74. The van der Waals surface area contributed by atoms with Gasteiger partial charge in [0.1, 0.15) is 5.75 Å². The van der Waals surface area contributed by atoms with Crippen LogP contribution in [0.25, 0.3) is 10.9 Å². The van der Waals surface area contributed by atoms with Crippen LogP contribution in [0.2, 0.25) is 0 Å². The number of benzene rings is 2. The van der Waals surface area contributed by atoms with Crippen LogP contribution in [0, 0.1) is 0 Å². The molecule has 0 spiro atoms. The van der Waals surface area contributed by atoms with Crippen LogP contribution in [-0.2, 0) is 0 Å². The van der Waals surface area contributed by atoms with Crippen molar-refractivity contribution >= 4 is 22.5 Å². The number of carbonyl (C=O) groups is 1. The zero-order chi connectivity index (χ0) is 14.1. The molecule has 20 heavy (non-hydrogen) atoms. The van der Waals surface area contributed by atoms with Crippen LogP contribution in [0.5, 0.6) is 5.75 Å². The summed E-state index contributed by atoms with van der Waals surface area (Å²) < 4.78 is 0. The van der Waals surface area contributed by atoms with Crippen LogP contribution in [0.4, 0.5) is 5.69 Å². The zero-order valence-electron chi connectivity index (χ0n) is 11.0. The highest BCUT2D eigenvalue weighted by Crippen LogP contribution is 2.23. The van der Waals surface area contributed by atoms with Gasteiger partial charge in [-0.1, -0.05) is 18.2 Å². The van der Waals surface area contributed by atoms with E-state index in [1.54, 1.807) is 37.4 Å². The van der Waals surface area contributed by atoms with Gasteiger partial charge >= 0.3 is 0 Å². The average molecular weight is 266 g/mol. The molecule has 0 atom stereocenters. The Balaban J connectivity index is 2.02. The number of aromatic amines is 1. The first-order chi connectivity index (χ1) is 9.66. The highest BCUT2D eigenvalue weighted by molar-refractivity contribution is 6.13. The number of carbonyl (C=O) groups excluding carboxylic acids is 1. The molecule has 100 valence electrons. The maximum atomic E-state index is 12.6. The number of phenols is 1. The summed E-state index contributed by atoms with van der Waals surface area (Å²) in [5.41, 5.74) is 2.08. The largest absolute Gasteiger partial charge is 0.508 e. The van der Waals surface area contributed by atoms with Crippen molar-refractivity contribution in [3.05, 3.63) is 60.3 Å². The Hall–Kier alpha value is -2.75. The van der Waals surface area contributed by atoms with Crippen molar-refractivity contribution in [1.82, 2.24) is 4.98 Å². The topological polar surface area (TPSA) is 56.3 Å². The summed E-state index contributed by atoms with van der Waals surface area (Å²) in [7, 11) is 1.69.